The van der Waals surface area contributed by atoms with Gasteiger partial charge < -0.3 is 24.8 Å². The van der Waals surface area contributed by atoms with Gasteiger partial charge in [-0.15, -0.1) is 0 Å². The Balaban J connectivity index is 2.00. The lowest BCUT2D eigenvalue weighted by Gasteiger charge is -2.22. The van der Waals surface area contributed by atoms with Gasteiger partial charge in [0, 0.05) is 25.4 Å². The first-order valence-electron chi connectivity index (χ1n) is 7.19. The minimum absolute atomic E-state index is 0.191. The predicted octanol–water partition coefficient (Wildman–Crippen LogP) is 3.10. The summed E-state index contributed by atoms with van der Waals surface area (Å²) in [6.45, 7) is 0.297. The van der Waals surface area contributed by atoms with Gasteiger partial charge in [0.15, 0.2) is 5.82 Å². The lowest BCUT2D eigenvalue weighted by molar-refractivity contribution is -0.116. The number of benzene rings is 1. The molecule has 0 aliphatic carbocycles. The highest BCUT2D eigenvalue weighted by Crippen LogP contribution is 2.25. The molecule has 10 heteroatoms. The van der Waals surface area contributed by atoms with Gasteiger partial charge >= 0.3 is 6.03 Å². The molecule has 134 valence electrons. The molecule has 0 saturated carbocycles. The highest BCUT2D eigenvalue weighted by Gasteiger charge is 2.18. The quantitative estimate of drug-likeness (QED) is 0.761. The first-order valence-corrected chi connectivity index (χ1v) is 7.95. The van der Waals surface area contributed by atoms with Crippen LogP contribution in [0.15, 0.2) is 35.1 Å². The highest BCUT2D eigenvalue weighted by molar-refractivity contribution is 6.42. The second kappa shape index (κ2) is 9.26. The summed E-state index contributed by atoms with van der Waals surface area (Å²) >= 11 is 11.8. The second-order valence-corrected chi connectivity index (χ2v) is 5.72. The van der Waals surface area contributed by atoms with E-state index in [1.54, 1.807) is 12.1 Å². The molecule has 0 bridgehead atoms. The molecule has 0 atom stereocenters. The third kappa shape index (κ3) is 5.93. The van der Waals surface area contributed by atoms with E-state index in [0.717, 1.165) is 0 Å². The minimum atomic E-state index is -0.481. The second-order valence-electron chi connectivity index (χ2n) is 4.91. The van der Waals surface area contributed by atoms with Gasteiger partial charge in [-0.05, 0) is 18.2 Å². The lowest BCUT2D eigenvalue weighted by atomic mass is 10.3. The molecule has 1 aromatic heterocycles. The number of nitrogens with zero attached hydrogens (tertiary/aromatic N) is 2. The zero-order chi connectivity index (χ0) is 18.2. The minimum Gasteiger partial charge on any atom is -0.383 e. The van der Waals surface area contributed by atoms with Crippen molar-refractivity contribution in [3.63, 3.8) is 0 Å². The van der Waals surface area contributed by atoms with Crippen molar-refractivity contribution in [2.24, 2.45) is 0 Å². The fraction of sp³-hybridized carbons (Fsp3) is 0.267. The Morgan fingerprint density at radius 1 is 1.24 bits per heavy atom. The van der Waals surface area contributed by atoms with E-state index < -0.39 is 11.9 Å². The third-order valence-corrected chi connectivity index (χ3v) is 3.80. The van der Waals surface area contributed by atoms with Gasteiger partial charge in [0.1, 0.15) is 12.8 Å². The van der Waals surface area contributed by atoms with Crippen LogP contribution < -0.4 is 10.6 Å². The first-order chi connectivity index (χ1) is 12.0. The molecule has 8 nitrogen and oxygen atoms in total. The number of amides is 3. The molecule has 0 spiro atoms. The molecule has 0 aliphatic heterocycles. The van der Waals surface area contributed by atoms with Crippen LogP contribution in [0.3, 0.4) is 0 Å². The van der Waals surface area contributed by atoms with Crippen LogP contribution in [0.4, 0.5) is 16.3 Å². The maximum absolute atomic E-state index is 12.4. The van der Waals surface area contributed by atoms with Crippen LogP contribution in [0.2, 0.25) is 10.0 Å². The molecule has 2 N–H and O–H groups in total. The third-order valence-electron chi connectivity index (χ3n) is 3.06. The van der Waals surface area contributed by atoms with Crippen molar-refractivity contribution in [2.75, 3.05) is 37.4 Å². The fourth-order valence-corrected chi connectivity index (χ4v) is 2.16. The first kappa shape index (κ1) is 19.0. The number of anilines is 2. The molecule has 0 aliphatic rings. The topological polar surface area (TPSA) is 96.7 Å². The number of aromatic nitrogens is 1. The Morgan fingerprint density at radius 2 is 2.04 bits per heavy atom. The molecule has 0 saturated heterocycles. The van der Waals surface area contributed by atoms with Crippen LogP contribution >= 0.6 is 23.2 Å². The summed E-state index contributed by atoms with van der Waals surface area (Å²) in [5.41, 5.74) is 0.457. The van der Waals surface area contributed by atoms with Crippen LogP contribution in [-0.2, 0) is 9.53 Å². The largest absolute Gasteiger partial charge is 0.383 e. The summed E-state index contributed by atoms with van der Waals surface area (Å²) in [6.07, 6.45) is 1.33. The number of ether oxygens (including phenoxy) is 1. The molecule has 1 aromatic carbocycles. The van der Waals surface area contributed by atoms with Gasteiger partial charge in [0.2, 0.25) is 5.91 Å². The van der Waals surface area contributed by atoms with Gasteiger partial charge in [0.05, 0.1) is 16.7 Å². The fourth-order valence-electron chi connectivity index (χ4n) is 1.86. The molecule has 3 amide bonds. The number of urea groups is 1. The molecule has 1 heterocycles. The number of methoxy groups -OCH3 is 1. The summed E-state index contributed by atoms with van der Waals surface area (Å²) < 4.78 is 9.61. The highest BCUT2D eigenvalue weighted by atomic mass is 35.5. The number of hydrogen-bond acceptors (Lipinski definition) is 5. The molecule has 0 radical (unpaired) electrons. The zero-order valence-corrected chi connectivity index (χ0v) is 14.8. The zero-order valence-electron chi connectivity index (χ0n) is 13.3. The lowest BCUT2D eigenvalue weighted by Crippen LogP contribution is -2.42. The van der Waals surface area contributed by atoms with Gasteiger partial charge in [-0.1, -0.05) is 28.4 Å². The maximum atomic E-state index is 12.4. The number of rotatable bonds is 7. The molecule has 2 rings (SSSR count). The van der Waals surface area contributed by atoms with Crippen LogP contribution in [0.5, 0.6) is 0 Å². The Hall–Kier alpha value is -2.29. The average Bonchev–Trinajstić information content (AvgIpc) is 3.07. The van der Waals surface area contributed by atoms with E-state index in [4.69, 9.17) is 27.9 Å². The normalized spacial score (nSPS) is 10.4. The molecule has 2 aromatic rings. The number of halogens is 2. The summed E-state index contributed by atoms with van der Waals surface area (Å²) in [4.78, 5) is 25.8. The summed E-state index contributed by atoms with van der Waals surface area (Å²) in [5, 5.41) is 9.44. The van der Waals surface area contributed by atoms with Gasteiger partial charge in [-0.3, -0.25) is 4.79 Å². The number of hydrogen-bond donors (Lipinski definition) is 2. The average molecular weight is 387 g/mol. The van der Waals surface area contributed by atoms with Crippen molar-refractivity contribution in [3.05, 3.63) is 40.6 Å². The van der Waals surface area contributed by atoms with E-state index in [2.05, 4.69) is 20.3 Å². The summed E-state index contributed by atoms with van der Waals surface area (Å²) in [6, 6.07) is 5.71. The van der Waals surface area contributed by atoms with Crippen molar-refractivity contribution < 1.29 is 18.8 Å². The SMILES string of the molecule is COCCN(CC(=O)Nc1ccon1)C(=O)Nc1ccc(Cl)c(Cl)c1. The van der Waals surface area contributed by atoms with Crippen molar-refractivity contribution in [2.45, 2.75) is 0 Å². The van der Waals surface area contributed by atoms with Crippen molar-refractivity contribution >= 4 is 46.6 Å². The molecular formula is C15H16Cl2N4O4. The van der Waals surface area contributed by atoms with Crippen LogP contribution in [-0.4, -0.2) is 48.8 Å². The number of nitrogens with one attached hydrogen (secondary N) is 2. The Labute approximate surface area is 154 Å². The predicted molar refractivity (Wildman–Crippen MR) is 94.1 cm³/mol. The van der Waals surface area contributed by atoms with Crippen LogP contribution in [0, 0.1) is 0 Å². The van der Waals surface area contributed by atoms with Crippen molar-refractivity contribution in [1.82, 2.24) is 10.1 Å². The summed E-state index contributed by atoms with van der Waals surface area (Å²) in [5.74, 6) is -0.157. The summed E-state index contributed by atoms with van der Waals surface area (Å²) in [7, 11) is 1.50. The van der Waals surface area contributed by atoms with E-state index in [1.165, 1.54) is 30.4 Å². The van der Waals surface area contributed by atoms with Crippen LogP contribution in [0.25, 0.3) is 0 Å². The van der Waals surface area contributed by atoms with Gasteiger partial charge in [0.25, 0.3) is 0 Å². The van der Waals surface area contributed by atoms with E-state index in [-0.39, 0.29) is 25.5 Å². The number of carbonyl (C=O) groups excluding carboxylic acids is 2. The van der Waals surface area contributed by atoms with Crippen molar-refractivity contribution in [1.29, 1.82) is 0 Å². The standard InChI is InChI=1S/C15H16Cl2N4O4/c1-24-7-5-21(9-14(22)19-13-4-6-25-20-13)15(23)18-10-2-3-11(16)12(17)8-10/h2-4,6,8H,5,7,9H2,1H3,(H,18,23)(H,19,20,22). The van der Waals surface area contributed by atoms with Gasteiger partial charge in [-0.25, -0.2) is 4.79 Å². The van der Waals surface area contributed by atoms with Crippen molar-refractivity contribution in [3.8, 4) is 0 Å². The Kier molecular flexibility index (Phi) is 7.05. The molecule has 0 fully saturated rings. The molecule has 25 heavy (non-hydrogen) atoms. The van der Waals surface area contributed by atoms with E-state index in [9.17, 15) is 9.59 Å². The molecular weight excluding hydrogens is 371 g/mol. The van der Waals surface area contributed by atoms with E-state index >= 15 is 0 Å². The Morgan fingerprint density at radius 3 is 2.68 bits per heavy atom. The Bertz CT molecular complexity index is 724. The van der Waals surface area contributed by atoms with Gasteiger partial charge in [-0.2, -0.15) is 0 Å². The van der Waals surface area contributed by atoms with Crippen LogP contribution in [0.1, 0.15) is 0 Å². The molecule has 0 unspecified atom stereocenters. The maximum Gasteiger partial charge on any atom is 0.322 e. The number of carbonyl (C=O) groups is 2. The van der Waals surface area contributed by atoms with E-state index in [0.29, 0.717) is 15.7 Å². The monoisotopic (exact) mass is 386 g/mol. The smallest absolute Gasteiger partial charge is 0.322 e. The van der Waals surface area contributed by atoms with E-state index in [1.807, 2.05) is 0 Å².